The van der Waals surface area contributed by atoms with E-state index >= 15 is 0 Å². The number of rotatable bonds is 2. The maximum Gasteiger partial charge on any atom is 0.117 e. The average molecular weight is 142 g/mol. The molecule has 0 saturated carbocycles. The first kappa shape index (κ1) is 9.48. The number of aliphatic hydroxyl groups excluding tert-OH is 2. The van der Waals surface area contributed by atoms with Gasteiger partial charge in [-0.3, -0.25) is 0 Å². The van der Waals surface area contributed by atoms with Gasteiger partial charge in [0.15, 0.2) is 0 Å². The van der Waals surface area contributed by atoms with Crippen LogP contribution in [0.5, 0.6) is 0 Å². The molecule has 2 N–H and O–H groups in total. The summed E-state index contributed by atoms with van der Waals surface area (Å²) >= 11 is 0. The van der Waals surface area contributed by atoms with Gasteiger partial charge in [-0.15, -0.1) is 0 Å². The highest BCUT2D eigenvalue weighted by atomic mass is 16.3. The van der Waals surface area contributed by atoms with E-state index in [4.69, 9.17) is 10.2 Å². The summed E-state index contributed by atoms with van der Waals surface area (Å²) in [6, 6.07) is 0. The van der Waals surface area contributed by atoms with Crippen LogP contribution in [0.25, 0.3) is 0 Å². The lowest BCUT2D eigenvalue weighted by Crippen LogP contribution is -2.11. The monoisotopic (exact) mass is 142 g/mol. The van der Waals surface area contributed by atoms with Gasteiger partial charge in [0.25, 0.3) is 0 Å². The summed E-state index contributed by atoms with van der Waals surface area (Å²) in [5.41, 5.74) is 0. The highest BCUT2D eigenvalue weighted by Gasteiger charge is 2.02. The van der Waals surface area contributed by atoms with E-state index in [2.05, 4.69) is 11.8 Å². The standard InChI is InChI=1S/C8H14O2/c1-7(2)8(10)5-3-4-6-9/h7-10H,4,6H2,1-2H3. The first-order valence-electron chi connectivity index (χ1n) is 3.45. The van der Waals surface area contributed by atoms with Crippen molar-refractivity contribution in [3.05, 3.63) is 0 Å². The van der Waals surface area contributed by atoms with E-state index in [9.17, 15) is 0 Å². The first-order chi connectivity index (χ1) is 4.68. The first-order valence-corrected chi connectivity index (χ1v) is 3.45. The molecule has 0 bridgehead atoms. The molecule has 0 rings (SSSR count). The van der Waals surface area contributed by atoms with Gasteiger partial charge in [0, 0.05) is 6.42 Å². The molecular weight excluding hydrogens is 128 g/mol. The highest BCUT2D eigenvalue weighted by molar-refractivity contribution is 5.05. The number of hydrogen-bond donors (Lipinski definition) is 2. The normalized spacial score (nSPS) is 12.5. The van der Waals surface area contributed by atoms with Crippen LogP contribution in [0, 0.1) is 17.8 Å². The summed E-state index contributed by atoms with van der Waals surface area (Å²) < 4.78 is 0. The molecule has 0 aliphatic carbocycles. The Morgan fingerprint density at radius 1 is 1.40 bits per heavy atom. The maximum atomic E-state index is 9.10. The minimum atomic E-state index is -0.549. The summed E-state index contributed by atoms with van der Waals surface area (Å²) in [5, 5.41) is 17.4. The third-order valence-electron chi connectivity index (χ3n) is 1.12. The SMILES string of the molecule is CC(C)C(O)C#CCCO. The van der Waals surface area contributed by atoms with Crippen molar-refractivity contribution < 1.29 is 10.2 Å². The Kier molecular flexibility index (Phi) is 5.00. The largest absolute Gasteiger partial charge is 0.395 e. The van der Waals surface area contributed by atoms with Crippen LogP contribution in [0.1, 0.15) is 20.3 Å². The molecule has 0 saturated heterocycles. The Hall–Kier alpha value is -0.520. The molecule has 58 valence electrons. The van der Waals surface area contributed by atoms with Gasteiger partial charge in [-0.2, -0.15) is 0 Å². The molecule has 0 aromatic carbocycles. The zero-order valence-corrected chi connectivity index (χ0v) is 6.46. The summed E-state index contributed by atoms with van der Waals surface area (Å²) in [7, 11) is 0. The predicted octanol–water partition coefficient (Wildman–Crippen LogP) is 0.389. The fourth-order valence-electron chi connectivity index (χ4n) is 0.399. The smallest absolute Gasteiger partial charge is 0.117 e. The Bertz CT molecular complexity index is 130. The van der Waals surface area contributed by atoms with Crippen LogP contribution >= 0.6 is 0 Å². The van der Waals surface area contributed by atoms with E-state index in [-0.39, 0.29) is 12.5 Å². The Labute approximate surface area is 61.9 Å². The summed E-state index contributed by atoms with van der Waals surface area (Å²) in [5.74, 6) is 5.47. The lowest BCUT2D eigenvalue weighted by atomic mass is 10.1. The molecule has 2 heteroatoms. The lowest BCUT2D eigenvalue weighted by Gasteiger charge is -2.04. The molecule has 0 aliphatic rings. The van der Waals surface area contributed by atoms with Crippen LogP contribution < -0.4 is 0 Å². The van der Waals surface area contributed by atoms with Crippen LogP contribution in [-0.2, 0) is 0 Å². The molecule has 0 aliphatic heterocycles. The molecule has 0 heterocycles. The van der Waals surface area contributed by atoms with Gasteiger partial charge in [-0.1, -0.05) is 25.7 Å². The molecule has 0 amide bonds. The Morgan fingerprint density at radius 3 is 2.40 bits per heavy atom. The fraction of sp³-hybridized carbons (Fsp3) is 0.750. The zero-order valence-electron chi connectivity index (χ0n) is 6.46. The fourth-order valence-corrected chi connectivity index (χ4v) is 0.399. The van der Waals surface area contributed by atoms with E-state index in [1.807, 2.05) is 13.8 Å². The Balaban J connectivity index is 3.57. The molecule has 0 aromatic rings. The molecule has 0 radical (unpaired) electrons. The third-order valence-corrected chi connectivity index (χ3v) is 1.12. The van der Waals surface area contributed by atoms with E-state index in [1.165, 1.54) is 0 Å². The summed E-state index contributed by atoms with van der Waals surface area (Å²) in [6.45, 7) is 3.87. The van der Waals surface area contributed by atoms with Crippen molar-refractivity contribution in [3.63, 3.8) is 0 Å². The van der Waals surface area contributed by atoms with Crippen LogP contribution in [0.4, 0.5) is 0 Å². The van der Waals surface area contributed by atoms with E-state index in [1.54, 1.807) is 0 Å². The van der Waals surface area contributed by atoms with E-state index in [0.717, 1.165) is 0 Å². The minimum Gasteiger partial charge on any atom is -0.395 e. The number of aliphatic hydroxyl groups is 2. The molecule has 0 spiro atoms. The number of hydrogen-bond acceptors (Lipinski definition) is 2. The van der Waals surface area contributed by atoms with Gasteiger partial charge in [-0.05, 0) is 5.92 Å². The van der Waals surface area contributed by atoms with Gasteiger partial charge in [0.2, 0.25) is 0 Å². The molecule has 0 aromatic heterocycles. The van der Waals surface area contributed by atoms with Gasteiger partial charge < -0.3 is 10.2 Å². The topological polar surface area (TPSA) is 40.5 Å². The molecule has 2 nitrogen and oxygen atoms in total. The van der Waals surface area contributed by atoms with Crippen LogP contribution in [-0.4, -0.2) is 22.9 Å². The molecular formula is C8H14O2. The molecule has 0 fully saturated rings. The zero-order chi connectivity index (χ0) is 7.98. The summed E-state index contributed by atoms with van der Waals surface area (Å²) in [6.07, 6.45) is -0.101. The summed E-state index contributed by atoms with van der Waals surface area (Å²) in [4.78, 5) is 0. The van der Waals surface area contributed by atoms with Gasteiger partial charge in [-0.25, -0.2) is 0 Å². The van der Waals surface area contributed by atoms with Crippen molar-refractivity contribution >= 4 is 0 Å². The molecule has 10 heavy (non-hydrogen) atoms. The van der Waals surface area contributed by atoms with E-state index in [0.29, 0.717) is 6.42 Å². The van der Waals surface area contributed by atoms with Gasteiger partial charge in [0.05, 0.1) is 6.61 Å². The molecule has 1 unspecified atom stereocenters. The average Bonchev–Trinajstić information content (AvgIpc) is 1.88. The van der Waals surface area contributed by atoms with Gasteiger partial charge in [0.1, 0.15) is 6.10 Å². The lowest BCUT2D eigenvalue weighted by molar-refractivity contribution is 0.181. The van der Waals surface area contributed by atoms with E-state index < -0.39 is 6.10 Å². The second-order valence-corrected chi connectivity index (χ2v) is 2.48. The van der Waals surface area contributed by atoms with Crippen molar-refractivity contribution in [2.75, 3.05) is 6.61 Å². The van der Waals surface area contributed by atoms with Crippen molar-refractivity contribution in [1.82, 2.24) is 0 Å². The van der Waals surface area contributed by atoms with Crippen LogP contribution in [0.2, 0.25) is 0 Å². The predicted molar refractivity (Wildman–Crippen MR) is 40.3 cm³/mol. The van der Waals surface area contributed by atoms with Crippen molar-refractivity contribution in [3.8, 4) is 11.8 Å². The highest BCUT2D eigenvalue weighted by Crippen LogP contribution is 1.98. The van der Waals surface area contributed by atoms with Crippen molar-refractivity contribution in [1.29, 1.82) is 0 Å². The molecule has 1 atom stereocenters. The van der Waals surface area contributed by atoms with Crippen LogP contribution in [0.3, 0.4) is 0 Å². The quantitative estimate of drug-likeness (QED) is 0.547. The van der Waals surface area contributed by atoms with Gasteiger partial charge >= 0.3 is 0 Å². The van der Waals surface area contributed by atoms with Crippen molar-refractivity contribution in [2.24, 2.45) is 5.92 Å². The Morgan fingerprint density at radius 2 is 2.00 bits per heavy atom. The second kappa shape index (κ2) is 5.28. The van der Waals surface area contributed by atoms with Crippen molar-refractivity contribution in [2.45, 2.75) is 26.4 Å². The minimum absolute atomic E-state index is 0.0673. The van der Waals surface area contributed by atoms with Crippen LogP contribution in [0.15, 0.2) is 0 Å². The third kappa shape index (κ3) is 4.37. The second-order valence-electron chi connectivity index (χ2n) is 2.48. The maximum absolute atomic E-state index is 9.10.